The van der Waals surface area contributed by atoms with E-state index in [4.69, 9.17) is 24.7 Å². The fraction of sp³-hybridized carbons (Fsp3) is 0.730. The van der Waals surface area contributed by atoms with E-state index in [1.165, 1.54) is 290 Å². The van der Waals surface area contributed by atoms with E-state index in [9.17, 15) is 0 Å². The number of hydrogen-bond donors (Lipinski definition) is 0. The van der Waals surface area contributed by atoms with Gasteiger partial charge in [-0.3, -0.25) is 0 Å². The molecule has 2 aromatic heterocycles. The van der Waals surface area contributed by atoms with Crippen LogP contribution in [-0.2, 0) is 38.5 Å². The second kappa shape index (κ2) is 40.6. The van der Waals surface area contributed by atoms with Crippen molar-refractivity contribution in [3.05, 3.63) is 106 Å². The van der Waals surface area contributed by atoms with Gasteiger partial charge in [0.05, 0.1) is 0 Å². The molecule has 0 bridgehead atoms. The molecule has 2 heterocycles. The summed E-state index contributed by atoms with van der Waals surface area (Å²) in [6, 6.07) is 14.6. The Morgan fingerprint density at radius 2 is 0.582 bits per heavy atom. The van der Waals surface area contributed by atoms with Gasteiger partial charge in [0.15, 0.2) is 0 Å². The number of rotatable bonds is 44. The third kappa shape index (κ3) is 26.0. The highest BCUT2D eigenvalue weighted by molar-refractivity contribution is 5.45. The topological polar surface area (TPSA) is 60.8 Å². The molecule has 2 aliphatic rings. The van der Waals surface area contributed by atoms with E-state index >= 15 is 0 Å². The maximum Gasteiger partial charge on any atom is 0.131 e. The maximum absolute atomic E-state index is 7.30. The second-order valence-electron chi connectivity index (χ2n) is 25.6. The Labute approximate surface area is 486 Å². The van der Waals surface area contributed by atoms with Gasteiger partial charge in [-0.2, -0.15) is 0 Å². The van der Waals surface area contributed by atoms with Gasteiger partial charge >= 0.3 is 0 Å². The van der Waals surface area contributed by atoms with E-state index in [-0.39, 0.29) is 0 Å². The third-order valence-corrected chi connectivity index (χ3v) is 18.6. The molecule has 6 rings (SSSR count). The molecule has 0 radical (unpaired) electrons. The van der Waals surface area contributed by atoms with Crippen molar-refractivity contribution in [3.63, 3.8) is 0 Å². The summed E-state index contributed by atoms with van der Waals surface area (Å²) in [6.45, 7) is 9.23. The van der Waals surface area contributed by atoms with E-state index in [0.29, 0.717) is 23.7 Å². The lowest BCUT2D eigenvalue weighted by Crippen LogP contribution is -2.18. The van der Waals surface area contributed by atoms with Crippen LogP contribution in [0, 0.1) is 11.8 Å². The number of aromatic nitrogens is 4. The van der Waals surface area contributed by atoms with Gasteiger partial charge in [-0.15, -0.1) is 0 Å². The van der Waals surface area contributed by atoms with Gasteiger partial charge in [0.1, 0.15) is 23.1 Å². The van der Waals surface area contributed by atoms with Gasteiger partial charge in [-0.1, -0.05) is 232 Å². The molecular formula is C74H118N4O. The fourth-order valence-corrected chi connectivity index (χ4v) is 13.3. The summed E-state index contributed by atoms with van der Waals surface area (Å²) in [7, 11) is 0. The molecule has 5 heteroatoms. The first-order valence-electron chi connectivity index (χ1n) is 34.6. The van der Waals surface area contributed by atoms with Crippen LogP contribution in [-0.4, -0.2) is 19.9 Å². The van der Waals surface area contributed by atoms with Crippen molar-refractivity contribution in [1.82, 2.24) is 19.9 Å². The molecule has 2 aliphatic carbocycles. The normalized spacial score (nSPS) is 17.6. The molecule has 4 aromatic rings. The molecular weight excluding hydrogens is 961 g/mol. The van der Waals surface area contributed by atoms with Crippen LogP contribution in [0.5, 0.6) is 11.5 Å². The smallest absolute Gasteiger partial charge is 0.131 e. The van der Waals surface area contributed by atoms with Crippen LogP contribution in [0.15, 0.2) is 61.2 Å². The predicted molar refractivity (Wildman–Crippen MR) is 339 cm³/mol. The molecule has 2 saturated carbocycles. The van der Waals surface area contributed by atoms with E-state index < -0.39 is 0 Å². The predicted octanol–water partition coefficient (Wildman–Crippen LogP) is 22.8. The molecule has 0 amide bonds. The Morgan fingerprint density at radius 3 is 0.873 bits per heavy atom. The quantitative estimate of drug-likeness (QED) is 0.0413. The molecule has 2 fully saturated rings. The number of nitrogens with zero attached hydrogens (tertiary/aromatic N) is 4. The van der Waals surface area contributed by atoms with E-state index in [1.807, 2.05) is 0 Å². The SMILES string of the molecule is CCCCCCCCCCc1cnc([C@H]2CC[C@H](Cc3cc(CCCCCCCCCC)ccc3Oc3ccc(CCCCCCCCCC)cc3C[C@H]3CC[C@H](c4ncc(CCCCCCCCCC)cn4)CC3)CC2)nc1. The number of aryl methyl sites for hydroxylation is 4. The summed E-state index contributed by atoms with van der Waals surface area (Å²) in [5.74, 6) is 6.57. The van der Waals surface area contributed by atoms with Crippen molar-refractivity contribution >= 4 is 0 Å². The summed E-state index contributed by atoms with van der Waals surface area (Å²) < 4.78 is 7.30. The summed E-state index contributed by atoms with van der Waals surface area (Å²) in [5.41, 5.74) is 8.43. The van der Waals surface area contributed by atoms with Crippen molar-refractivity contribution < 1.29 is 4.74 Å². The minimum absolute atomic E-state index is 0.474. The van der Waals surface area contributed by atoms with Crippen LogP contribution in [0.1, 0.15) is 341 Å². The largest absolute Gasteiger partial charge is 0.457 e. The minimum Gasteiger partial charge on any atom is -0.457 e. The standard InChI is InChI=1S/C74H118N4O/c1-5-9-13-17-21-25-29-33-37-61-45-51-71(69(53-61)55-63-41-47-67(48-42-63)73-75-57-65(58-76-73)39-35-31-27-23-19-15-11-7-3)79-72-52-46-62(38-34-30-26-22-18-14-10-6-2)54-70(72)56-64-43-49-68(50-44-64)74-77-59-66(60-78-74)40-36-32-28-24-20-16-12-8-4/h45-46,51-54,57-60,63-64,67-68H,5-44,47-50,55-56H2,1-4H3/t63-,64-,67-,68-. The third-order valence-electron chi connectivity index (χ3n) is 18.6. The van der Waals surface area contributed by atoms with E-state index in [0.717, 1.165) is 61.7 Å². The van der Waals surface area contributed by atoms with Crippen LogP contribution in [0.3, 0.4) is 0 Å². The molecule has 0 aliphatic heterocycles. The Bertz CT molecular complexity index is 1960. The van der Waals surface area contributed by atoms with Crippen molar-refractivity contribution in [2.75, 3.05) is 0 Å². The summed E-state index contributed by atoms with van der Waals surface area (Å²) in [5, 5.41) is 0. The average molecular weight is 1080 g/mol. The van der Waals surface area contributed by atoms with Crippen molar-refractivity contribution in [2.24, 2.45) is 11.8 Å². The molecule has 79 heavy (non-hydrogen) atoms. The van der Waals surface area contributed by atoms with Crippen LogP contribution >= 0.6 is 0 Å². The Balaban J connectivity index is 1.08. The zero-order valence-corrected chi connectivity index (χ0v) is 51.8. The minimum atomic E-state index is 0.474. The molecule has 2 aromatic carbocycles. The van der Waals surface area contributed by atoms with Crippen molar-refractivity contribution in [2.45, 2.75) is 335 Å². The van der Waals surface area contributed by atoms with Gasteiger partial charge in [-0.25, -0.2) is 19.9 Å². The van der Waals surface area contributed by atoms with Gasteiger partial charge in [-0.05, 0) is 173 Å². The Hall–Kier alpha value is -3.60. The van der Waals surface area contributed by atoms with Crippen LogP contribution in [0.4, 0.5) is 0 Å². The lowest BCUT2D eigenvalue weighted by Gasteiger charge is -2.29. The van der Waals surface area contributed by atoms with Crippen LogP contribution in [0.2, 0.25) is 0 Å². The van der Waals surface area contributed by atoms with Crippen molar-refractivity contribution in [3.8, 4) is 11.5 Å². The summed E-state index contributed by atoms with van der Waals surface area (Å²) in [6.07, 6.45) is 68.4. The molecule has 5 nitrogen and oxygen atoms in total. The van der Waals surface area contributed by atoms with Gasteiger partial charge in [0, 0.05) is 36.6 Å². The monoisotopic (exact) mass is 1080 g/mol. The van der Waals surface area contributed by atoms with Gasteiger partial charge in [0.25, 0.3) is 0 Å². The zero-order valence-electron chi connectivity index (χ0n) is 51.8. The van der Waals surface area contributed by atoms with Crippen molar-refractivity contribution in [1.29, 1.82) is 0 Å². The van der Waals surface area contributed by atoms with E-state index in [2.05, 4.69) is 88.9 Å². The number of unbranched alkanes of at least 4 members (excludes halogenated alkanes) is 28. The van der Waals surface area contributed by atoms with Gasteiger partial charge in [0.2, 0.25) is 0 Å². The highest BCUT2D eigenvalue weighted by atomic mass is 16.5. The summed E-state index contributed by atoms with van der Waals surface area (Å²) in [4.78, 5) is 20.0. The maximum atomic E-state index is 7.30. The van der Waals surface area contributed by atoms with Crippen LogP contribution in [0.25, 0.3) is 0 Å². The first-order chi connectivity index (χ1) is 39.0. The molecule has 0 atom stereocenters. The second-order valence-corrected chi connectivity index (χ2v) is 25.6. The molecule has 0 spiro atoms. The highest BCUT2D eigenvalue weighted by Crippen LogP contribution is 2.41. The fourth-order valence-electron chi connectivity index (χ4n) is 13.3. The average Bonchev–Trinajstić information content (AvgIpc) is 3.49. The lowest BCUT2D eigenvalue weighted by molar-refractivity contribution is 0.312. The number of hydrogen-bond acceptors (Lipinski definition) is 5. The Kier molecular flexibility index (Phi) is 33.2. The molecule has 0 saturated heterocycles. The molecule has 0 unspecified atom stereocenters. The first kappa shape index (κ1) is 64.6. The lowest BCUT2D eigenvalue weighted by atomic mass is 9.78. The highest BCUT2D eigenvalue weighted by Gasteiger charge is 2.28. The first-order valence-corrected chi connectivity index (χ1v) is 34.6. The zero-order chi connectivity index (χ0) is 55.2. The van der Waals surface area contributed by atoms with Gasteiger partial charge < -0.3 is 4.74 Å². The number of benzene rings is 2. The molecule has 440 valence electrons. The van der Waals surface area contributed by atoms with Crippen LogP contribution < -0.4 is 4.74 Å². The van der Waals surface area contributed by atoms with E-state index in [1.54, 1.807) is 0 Å². The number of ether oxygens (including phenoxy) is 1. The summed E-state index contributed by atoms with van der Waals surface area (Å²) >= 11 is 0. The Morgan fingerprint density at radius 1 is 0.316 bits per heavy atom. The molecule has 0 N–H and O–H groups in total.